The van der Waals surface area contributed by atoms with E-state index in [2.05, 4.69) is 0 Å². The molecule has 0 bridgehead atoms. The molecule has 1 fully saturated rings. The van der Waals surface area contributed by atoms with Crippen LogP contribution in [-0.4, -0.2) is 37.1 Å². The molecule has 0 atom stereocenters. The first-order valence-corrected chi connectivity index (χ1v) is 6.69. The lowest BCUT2D eigenvalue weighted by molar-refractivity contribution is 0.0455. The van der Waals surface area contributed by atoms with E-state index in [0.29, 0.717) is 27.3 Å². The van der Waals surface area contributed by atoms with E-state index in [9.17, 15) is 4.79 Å². The van der Waals surface area contributed by atoms with Crippen LogP contribution in [0.4, 0.5) is 0 Å². The SMILES string of the molecule is COc1ccc(C(=O)CSC2COC2)cc1Cl. The molecular weight excluding hydrogens is 260 g/mol. The third-order valence-corrected chi connectivity index (χ3v) is 4.00. The summed E-state index contributed by atoms with van der Waals surface area (Å²) in [6.07, 6.45) is 0. The van der Waals surface area contributed by atoms with Gasteiger partial charge in [0.25, 0.3) is 0 Å². The maximum absolute atomic E-state index is 11.9. The molecule has 5 heteroatoms. The highest BCUT2D eigenvalue weighted by molar-refractivity contribution is 8.00. The second kappa shape index (κ2) is 5.76. The lowest BCUT2D eigenvalue weighted by Crippen LogP contribution is -2.31. The normalized spacial score (nSPS) is 15.4. The van der Waals surface area contributed by atoms with Crippen molar-refractivity contribution in [2.75, 3.05) is 26.1 Å². The lowest BCUT2D eigenvalue weighted by Gasteiger charge is -2.24. The second-order valence-corrected chi connectivity index (χ2v) is 5.44. The van der Waals surface area contributed by atoms with Crippen LogP contribution < -0.4 is 4.74 Å². The van der Waals surface area contributed by atoms with Gasteiger partial charge in [-0.2, -0.15) is 0 Å². The van der Waals surface area contributed by atoms with E-state index in [-0.39, 0.29) is 5.78 Å². The summed E-state index contributed by atoms with van der Waals surface area (Å²) in [4.78, 5) is 11.9. The molecule has 3 nitrogen and oxygen atoms in total. The molecule has 0 amide bonds. The highest BCUT2D eigenvalue weighted by Gasteiger charge is 2.20. The highest BCUT2D eigenvalue weighted by atomic mass is 35.5. The van der Waals surface area contributed by atoms with E-state index in [4.69, 9.17) is 21.1 Å². The number of ether oxygens (including phenoxy) is 2. The summed E-state index contributed by atoms with van der Waals surface area (Å²) in [6.45, 7) is 1.50. The molecule has 0 aromatic heterocycles. The van der Waals surface area contributed by atoms with Crippen LogP contribution in [0.2, 0.25) is 5.02 Å². The first kappa shape index (κ1) is 12.7. The van der Waals surface area contributed by atoms with E-state index in [1.807, 2.05) is 0 Å². The van der Waals surface area contributed by atoms with Crippen molar-refractivity contribution < 1.29 is 14.3 Å². The van der Waals surface area contributed by atoms with Crippen LogP contribution in [0.5, 0.6) is 5.75 Å². The number of rotatable bonds is 5. The standard InChI is InChI=1S/C12H13ClO3S/c1-15-12-3-2-8(4-10(12)13)11(14)7-17-9-5-16-6-9/h2-4,9H,5-7H2,1H3. The van der Waals surface area contributed by atoms with Crippen LogP contribution >= 0.6 is 23.4 Å². The third kappa shape index (κ3) is 3.15. The molecule has 1 saturated heterocycles. The Labute approximate surface area is 109 Å². The third-order valence-electron chi connectivity index (χ3n) is 2.53. The van der Waals surface area contributed by atoms with Crippen LogP contribution in [0.15, 0.2) is 18.2 Å². The molecule has 17 heavy (non-hydrogen) atoms. The summed E-state index contributed by atoms with van der Waals surface area (Å²) in [5.74, 6) is 1.14. The van der Waals surface area contributed by atoms with Crippen molar-refractivity contribution in [3.05, 3.63) is 28.8 Å². The van der Waals surface area contributed by atoms with Crippen LogP contribution in [0.3, 0.4) is 0 Å². The van der Waals surface area contributed by atoms with Gasteiger partial charge >= 0.3 is 0 Å². The molecule has 1 aromatic rings. The molecule has 2 rings (SSSR count). The summed E-state index contributed by atoms with van der Waals surface area (Å²) >= 11 is 7.60. The van der Waals surface area contributed by atoms with Gasteiger partial charge in [-0.15, -0.1) is 11.8 Å². The molecule has 0 radical (unpaired) electrons. The monoisotopic (exact) mass is 272 g/mol. The summed E-state index contributed by atoms with van der Waals surface area (Å²) in [5, 5.41) is 0.933. The van der Waals surface area contributed by atoms with Crippen molar-refractivity contribution >= 4 is 29.1 Å². The largest absolute Gasteiger partial charge is 0.495 e. The Balaban J connectivity index is 1.95. The number of ketones is 1. The molecule has 1 heterocycles. The van der Waals surface area contributed by atoms with E-state index in [1.165, 1.54) is 0 Å². The average Bonchev–Trinajstić information content (AvgIpc) is 2.26. The van der Waals surface area contributed by atoms with Gasteiger partial charge in [-0.25, -0.2) is 0 Å². The van der Waals surface area contributed by atoms with E-state index in [1.54, 1.807) is 37.1 Å². The van der Waals surface area contributed by atoms with Gasteiger partial charge in [0.2, 0.25) is 0 Å². The quantitative estimate of drug-likeness (QED) is 0.772. The van der Waals surface area contributed by atoms with Gasteiger partial charge in [-0.3, -0.25) is 4.79 Å². The molecule has 1 aromatic carbocycles. The predicted molar refractivity (Wildman–Crippen MR) is 69.4 cm³/mol. The molecule has 0 N–H and O–H groups in total. The number of thioether (sulfide) groups is 1. The zero-order valence-electron chi connectivity index (χ0n) is 9.44. The minimum Gasteiger partial charge on any atom is -0.495 e. The minimum atomic E-state index is 0.0893. The summed E-state index contributed by atoms with van der Waals surface area (Å²) in [5.41, 5.74) is 0.628. The fourth-order valence-electron chi connectivity index (χ4n) is 1.43. The summed E-state index contributed by atoms with van der Waals surface area (Å²) in [6, 6.07) is 5.11. The van der Waals surface area contributed by atoms with Crippen LogP contribution in [-0.2, 0) is 4.74 Å². The van der Waals surface area contributed by atoms with Gasteiger partial charge in [0, 0.05) is 5.56 Å². The molecule has 0 saturated carbocycles. The maximum atomic E-state index is 11.9. The van der Waals surface area contributed by atoms with E-state index < -0.39 is 0 Å². The Morgan fingerprint density at radius 1 is 1.59 bits per heavy atom. The Bertz CT molecular complexity index is 418. The molecule has 0 unspecified atom stereocenters. The van der Waals surface area contributed by atoms with Crippen molar-refractivity contribution in [1.29, 1.82) is 0 Å². The number of Topliss-reactive ketones (excluding diaryl/α,β-unsaturated/α-hetero) is 1. The Kier molecular flexibility index (Phi) is 4.31. The Morgan fingerprint density at radius 3 is 2.88 bits per heavy atom. The van der Waals surface area contributed by atoms with Crippen molar-refractivity contribution in [3.8, 4) is 5.75 Å². The smallest absolute Gasteiger partial charge is 0.172 e. The number of carbonyl (C=O) groups is 1. The fourth-order valence-corrected chi connectivity index (χ4v) is 2.62. The highest BCUT2D eigenvalue weighted by Crippen LogP contribution is 2.26. The van der Waals surface area contributed by atoms with Crippen molar-refractivity contribution in [1.82, 2.24) is 0 Å². The van der Waals surface area contributed by atoms with Crippen LogP contribution in [0.25, 0.3) is 0 Å². The van der Waals surface area contributed by atoms with Crippen LogP contribution in [0, 0.1) is 0 Å². The topological polar surface area (TPSA) is 35.5 Å². The van der Waals surface area contributed by atoms with Gasteiger partial charge in [0.1, 0.15) is 5.75 Å². The van der Waals surface area contributed by atoms with Gasteiger partial charge in [0.15, 0.2) is 5.78 Å². The Morgan fingerprint density at radius 2 is 2.35 bits per heavy atom. The number of halogens is 1. The van der Waals surface area contributed by atoms with Crippen molar-refractivity contribution in [2.45, 2.75) is 5.25 Å². The predicted octanol–water partition coefficient (Wildman–Crippen LogP) is 2.66. The van der Waals surface area contributed by atoms with E-state index in [0.717, 1.165) is 13.2 Å². The summed E-state index contributed by atoms with van der Waals surface area (Å²) < 4.78 is 10.1. The van der Waals surface area contributed by atoms with Gasteiger partial charge in [0.05, 0.1) is 36.3 Å². The Hall–Kier alpha value is -0.710. The molecule has 92 valence electrons. The summed E-state index contributed by atoms with van der Waals surface area (Å²) in [7, 11) is 1.55. The second-order valence-electron chi connectivity index (χ2n) is 3.74. The minimum absolute atomic E-state index is 0.0893. The fraction of sp³-hybridized carbons (Fsp3) is 0.417. The molecule has 1 aliphatic rings. The number of hydrogen-bond donors (Lipinski definition) is 0. The number of methoxy groups -OCH3 is 1. The number of carbonyl (C=O) groups excluding carboxylic acids is 1. The van der Waals surface area contributed by atoms with Crippen molar-refractivity contribution in [3.63, 3.8) is 0 Å². The zero-order valence-corrected chi connectivity index (χ0v) is 11.0. The first-order chi connectivity index (χ1) is 8.20. The van der Waals surface area contributed by atoms with Crippen LogP contribution in [0.1, 0.15) is 10.4 Å². The molecule has 0 aliphatic carbocycles. The average molecular weight is 273 g/mol. The van der Waals surface area contributed by atoms with Gasteiger partial charge < -0.3 is 9.47 Å². The zero-order chi connectivity index (χ0) is 12.3. The maximum Gasteiger partial charge on any atom is 0.172 e. The number of hydrogen-bond acceptors (Lipinski definition) is 4. The van der Waals surface area contributed by atoms with Crippen molar-refractivity contribution in [2.24, 2.45) is 0 Å². The molecular formula is C12H13ClO3S. The molecule has 0 spiro atoms. The first-order valence-electron chi connectivity index (χ1n) is 5.27. The van der Waals surface area contributed by atoms with Gasteiger partial charge in [-0.1, -0.05) is 11.6 Å². The number of benzene rings is 1. The lowest BCUT2D eigenvalue weighted by atomic mass is 10.1. The molecule has 1 aliphatic heterocycles. The van der Waals surface area contributed by atoms with E-state index >= 15 is 0 Å². The van der Waals surface area contributed by atoms with Gasteiger partial charge in [-0.05, 0) is 18.2 Å².